The van der Waals surface area contributed by atoms with E-state index >= 15 is 0 Å². The van der Waals surface area contributed by atoms with Crippen LogP contribution in [0.3, 0.4) is 0 Å². The average molecular weight is 321 g/mol. The first-order valence-corrected chi connectivity index (χ1v) is 6.85. The van der Waals surface area contributed by atoms with Gasteiger partial charge in [-0.25, -0.2) is 4.39 Å². The lowest BCUT2D eigenvalue weighted by molar-refractivity contribution is 0.0942. The van der Waals surface area contributed by atoms with Gasteiger partial charge in [0.05, 0.1) is 5.56 Å². The number of hydrogen-bond acceptors (Lipinski definition) is 1. The second-order valence-corrected chi connectivity index (χ2v) is 5.44. The molecule has 92 valence electrons. The van der Waals surface area contributed by atoms with Gasteiger partial charge in [0.1, 0.15) is 5.82 Å². The molecule has 0 aliphatic heterocycles. The summed E-state index contributed by atoms with van der Waals surface area (Å²) in [6.07, 6.45) is 2.20. The quantitative estimate of drug-likeness (QED) is 0.847. The van der Waals surface area contributed by atoms with Gasteiger partial charge >= 0.3 is 0 Å². The summed E-state index contributed by atoms with van der Waals surface area (Å²) in [7, 11) is 0. The first-order chi connectivity index (χ1) is 8.06. The van der Waals surface area contributed by atoms with Gasteiger partial charge in [-0.05, 0) is 36.5 Å². The number of rotatable bonds is 4. The van der Waals surface area contributed by atoms with Gasteiger partial charge in [-0.15, -0.1) is 0 Å². The van der Waals surface area contributed by atoms with E-state index in [1.165, 1.54) is 12.1 Å². The van der Waals surface area contributed by atoms with Gasteiger partial charge in [0.2, 0.25) is 0 Å². The topological polar surface area (TPSA) is 29.1 Å². The zero-order valence-corrected chi connectivity index (χ0v) is 11.4. The van der Waals surface area contributed by atoms with Crippen LogP contribution >= 0.6 is 27.5 Å². The first-order valence-electron chi connectivity index (χ1n) is 5.36. The predicted octanol–water partition coefficient (Wildman–Crippen LogP) is 3.38. The van der Waals surface area contributed by atoms with E-state index in [4.69, 9.17) is 11.6 Å². The van der Waals surface area contributed by atoms with Crippen LogP contribution in [0.25, 0.3) is 0 Å². The summed E-state index contributed by atoms with van der Waals surface area (Å²) in [4.78, 5) is 11.8. The SMILES string of the molecule is O=C(NCC1(CBr)CC1)c1ccc(Cl)cc1F. The summed E-state index contributed by atoms with van der Waals surface area (Å²) >= 11 is 9.05. The van der Waals surface area contributed by atoms with Crippen molar-refractivity contribution in [3.63, 3.8) is 0 Å². The Hall–Kier alpha value is -0.610. The van der Waals surface area contributed by atoms with E-state index in [0.29, 0.717) is 6.54 Å². The second kappa shape index (κ2) is 4.94. The Balaban J connectivity index is 2.00. The molecule has 17 heavy (non-hydrogen) atoms. The number of halogens is 3. The van der Waals surface area contributed by atoms with E-state index in [0.717, 1.165) is 24.2 Å². The van der Waals surface area contributed by atoms with Crippen LogP contribution in [-0.2, 0) is 0 Å². The monoisotopic (exact) mass is 319 g/mol. The van der Waals surface area contributed by atoms with Crippen LogP contribution in [0.2, 0.25) is 5.02 Å². The molecule has 0 aromatic heterocycles. The average Bonchev–Trinajstić information content (AvgIpc) is 3.07. The molecule has 1 aromatic rings. The van der Waals surface area contributed by atoms with Gasteiger partial charge < -0.3 is 5.32 Å². The zero-order valence-electron chi connectivity index (χ0n) is 9.10. The summed E-state index contributed by atoms with van der Waals surface area (Å²) in [6.45, 7) is 0.582. The third kappa shape index (κ3) is 2.99. The molecule has 1 aliphatic rings. The van der Waals surface area contributed by atoms with E-state index < -0.39 is 5.82 Å². The third-order valence-electron chi connectivity index (χ3n) is 3.04. The number of amides is 1. The molecule has 0 heterocycles. The van der Waals surface area contributed by atoms with Gasteiger partial charge in [0.25, 0.3) is 5.91 Å². The summed E-state index contributed by atoms with van der Waals surface area (Å²) in [6, 6.07) is 4.06. The number of hydrogen-bond donors (Lipinski definition) is 1. The first kappa shape index (κ1) is 12.8. The molecule has 1 N–H and O–H groups in total. The van der Waals surface area contributed by atoms with E-state index in [9.17, 15) is 9.18 Å². The van der Waals surface area contributed by atoms with Crippen LogP contribution in [0, 0.1) is 11.2 Å². The molecule has 1 aromatic carbocycles. The number of carbonyl (C=O) groups is 1. The van der Waals surface area contributed by atoms with Crippen molar-refractivity contribution in [3.8, 4) is 0 Å². The fourth-order valence-electron chi connectivity index (χ4n) is 1.57. The maximum atomic E-state index is 13.5. The Morgan fingerprint density at radius 1 is 1.53 bits per heavy atom. The van der Waals surface area contributed by atoms with E-state index in [-0.39, 0.29) is 21.9 Å². The van der Waals surface area contributed by atoms with Crippen molar-refractivity contribution >= 4 is 33.4 Å². The predicted molar refractivity (Wildman–Crippen MR) is 69.2 cm³/mol. The number of carbonyl (C=O) groups excluding carboxylic acids is 1. The summed E-state index contributed by atoms with van der Waals surface area (Å²) in [5, 5.41) is 3.92. The summed E-state index contributed by atoms with van der Waals surface area (Å²) in [5.41, 5.74) is 0.221. The van der Waals surface area contributed by atoms with Crippen LogP contribution < -0.4 is 5.32 Å². The summed E-state index contributed by atoms with van der Waals surface area (Å²) in [5.74, 6) is -0.968. The lowest BCUT2D eigenvalue weighted by atomic mass is 10.1. The fraction of sp³-hybridized carbons (Fsp3) is 0.417. The van der Waals surface area contributed by atoms with Gasteiger partial charge in [0.15, 0.2) is 0 Å². The van der Waals surface area contributed by atoms with Crippen molar-refractivity contribution in [1.29, 1.82) is 0 Å². The molecule has 2 rings (SSSR count). The Kier molecular flexibility index (Phi) is 3.73. The van der Waals surface area contributed by atoms with Gasteiger partial charge in [-0.2, -0.15) is 0 Å². The third-order valence-corrected chi connectivity index (χ3v) is 4.46. The maximum Gasteiger partial charge on any atom is 0.254 e. The number of nitrogens with one attached hydrogen (secondary N) is 1. The molecular weight excluding hydrogens is 308 g/mol. The molecule has 0 spiro atoms. The van der Waals surface area contributed by atoms with Crippen molar-refractivity contribution in [2.45, 2.75) is 12.8 Å². The Labute approximate surface area is 113 Å². The van der Waals surface area contributed by atoms with Crippen LogP contribution in [0.15, 0.2) is 18.2 Å². The zero-order chi connectivity index (χ0) is 12.5. The van der Waals surface area contributed by atoms with Crippen LogP contribution in [0.1, 0.15) is 23.2 Å². The highest BCUT2D eigenvalue weighted by Crippen LogP contribution is 2.46. The largest absolute Gasteiger partial charge is 0.351 e. The molecule has 1 saturated carbocycles. The molecule has 0 bridgehead atoms. The Morgan fingerprint density at radius 2 is 2.24 bits per heavy atom. The lowest BCUT2D eigenvalue weighted by Gasteiger charge is -2.12. The standard InChI is InChI=1S/C12H12BrClFNO/c13-6-12(3-4-12)7-16-11(17)9-2-1-8(14)5-10(9)15/h1-2,5H,3-4,6-7H2,(H,16,17). The minimum absolute atomic E-state index is 0.0415. The lowest BCUT2D eigenvalue weighted by Crippen LogP contribution is -2.31. The molecule has 2 nitrogen and oxygen atoms in total. The molecule has 1 fully saturated rings. The molecule has 0 atom stereocenters. The fourth-order valence-corrected chi connectivity index (χ4v) is 2.49. The highest BCUT2D eigenvalue weighted by atomic mass is 79.9. The molecular formula is C12H12BrClFNO. The Bertz CT molecular complexity index is 448. The molecule has 0 saturated heterocycles. The highest BCUT2D eigenvalue weighted by molar-refractivity contribution is 9.09. The summed E-state index contributed by atoms with van der Waals surface area (Å²) < 4.78 is 13.5. The van der Waals surface area contributed by atoms with Crippen molar-refractivity contribution in [2.24, 2.45) is 5.41 Å². The van der Waals surface area contributed by atoms with Crippen LogP contribution in [0.4, 0.5) is 4.39 Å². The number of alkyl halides is 1. The molecule has 1 aliphatic carbocycles. The minimum Gasteiger partial charge on any atom is -0.351 e. The Morgan fingerprint density at radius 3 is 2.76 bits per heavy atom. The maximum absolute atomic E-state index is 13.5. The molecule has 5 heteroatoms. The van der Waals surface area contributed by atoms with Crippen molar-refractivity contribution in [3.05, 3.63) is 34.6 Å². The smallest absolute Gasteiger partial charge is 0.254 e. The van der Waals surface area contributed by atoms with E-state index in [1.807, 2.05) is 0 Å². The van der Waals surface area contributed by atoms with Gasteiger partial charge in [-0.3, -0.25) is 4.79 Å². The van der Waals surface area contributed by atoms with E-state index in [2.05, 4.69) is 21.2 Å². The van der Waals surface area contributed by atoms with Crippen molar-refractivity contribution < 1.29 is 9.18 Å². The molecule has 0 radical (unpaired) electrons. The normalized spacial score (nSPS) is 16.6. The van der Waals surface area contributed by atoms with Crippen molar-refractivity contribution in [1.82, 2.24) is 5.32 Å². The van der Waals surface area contributed by atoms with E-state index in [1.54, 1.807) is 0 Å². The van der Waals surface area contributed by atoms with Crippen molar-refractivity contribution in [2.75, 3.05) is 11.9 Å². The van der Waals surface area contributed by atoms with Gasteiger partial charge in [0, 0.05) is 16.9 Å². The molecule has 1 amide bonds. The highest BCUT2D eigenvalue weighted by Gasteiger charge is 2.41. The molecule has 0 unspecified atom stereocenters. The second-order valence-electron chi connectivity index (χ2n) is 4.44. The van der Waals surface area contributed by atoms with Crippen LogP contribution in [-0.4, -0.2) is 17.8 Å². The van der Waals surface area contributed by atoms with Gasteiger partial charge in [-0.1, -0.05) is 27.5 Å². The number of benzene rings is 1. The van der Waals surface area contributed by atoms with Crippen LogP contribution in [0.5, 0.6) is 0 Å². The minimum atomic E-state index is -0.585.